The van der Waals surface area contributed by atoms with Gasteiger partial charge in [0.2, 0.25) is 0 Å². The van der Waals surface area contributed by atoms with Crippen LogP contribution in [0.3, 0.4) is 0 Å². The van der Waals surface area contributed by atoms with E-state index in [1.807, 2.05) is 0 Å². The maximum absolute atomic E-state index is 13.4. The molecule has 0 aromatic heterocycles. The third-order valence-corrected chi connectivity index (χ3v) is 3.54. The summed E-state index contributed by atoms with van der Waals surface area (Å²) >= 11 is 0. The van der Waals surface area contributed by atoms with E-state index in [0.29, 0.717) is 18.0 Å². The van der Waals surface area contributed by atoms with Gasteiger partial charge in [0.1, 0.15) is 5.82 Å². The molecule has 1 saturated heterocycles. The first-order chi connectivity index (χ1) is 8.68. The van der Waals surface area contributed by atoms with Crippen molar-refractivity contribution in [1.29, 1.82) is 0 Å². The summed E-state index contributed by atoms with van der Waals surface area (Å²) in [5.74, 6) is 0.127. The Bertz CT molecular complexity index is 386. The summed E-state index contributed by atoms with van der Waals surface area (Å²) in [6.45, 7) is 4.03. The number of ether oxygens (including phenoxy) is 1. The molecule has 1 aromatic carbocycles. The van der Waals surface area contributed by atoms with Gasteiger partial charge in [0.25, 0.3) is 0 Å². The third-order valence-electron chi connectivity index (χ3n) is 3.54. The van der Waals surface area contributed by atoms with E-state index in [1.54, 1.807) is 18.2 Å². The van der Waals surface area contributed by atoms with Crippen LogP contribution in [0.15, 0.2) is 24.3 Å². The van der Waals surface area contributed by atoms with Gasteiger partial charge in [0.15, 0.2) is 0 Å². The fourth-order valence-corrected chi connectivity index (χ4v) is 2.30. The molecule has 3 atom stereocenters. The molecule has 2 rings (SSSR count). The van der Waals surface area contributed by atoms with Crippen molar-refractivity contribution in [2.45, 2.75) is 25.6 Å². The molecule has 2 N–H and O–H groups in total. The van der Waals surface area contributed by atoms with Gasteiger partial charge in [0, 0.05) is 25.3 Å². The molecule has 4 heteroatoms. The highest BCUT2D eigenvalue weighted by Gasteiger charge is 2.23. The molecular formula is C14H20FNO2. The van der Waals surface area contributed by atoms with Crippen LogP contribution in [-0.4, -0.2) is 30.9 Å². The lowest BCUT2D eigenvalue weighted by molar-refractivity contribution is 0.103. The molecule has 0 spiro atoms. The van der Waals surface area contributed by atoms with Gasteiger partial charge >= 0.3 is 0 Å². The monoisotopic (exact) mass is 253 g/mol. The molecule has 18 heavy (non-hydrogen) atoms. The maximum atomic E-state index is 13.4. The minimum Gasteiger partial charge on any atom is -0.387 e. The van der Waals surface area contributed by atoms with Crippen molar-refractivity contribution in [3.8, 4) is 0 Å². The number of benzene rings is 1. The van der Waals surface area contributed by atoms with Crippen molar-refractivity contribution in [2.75, 3.05) is 19.7 Å². The fourth-order valence-electron chi connectivity index (χ4n) is 2.30. The van der Waals surface area contributed by atoms with E-state index in [0.717, 1.165) is 19.6 Å². The summed E-state index contributed by atoms with van der Waals surface area (Å²) in [5, 5.41) is 13.1. The zero-order valence-corrected chi connectivity index (χ0v) is 10.6. The van der Waals surface area contributed by atoms with Crippen LogP contribution in [0.4, 0.5) is 4.39 Å². The zero-order chi connectivity index (χ0) is 13.0. The van der Waals surface area contributed by atoms with Gasteiger partial charge in [-0.1, -0.05) is 18.2 Å². The molecule has 3 unspecified atom stereocenters. The number of hydrogen-bond acceptors (Lipinski definition) is 3. The highest BCUT2D eigenvalue weighted by Crippen LogP contribution is 2.20. The highest BCUT2D eigenvalue weighted by molar-refractivity contribution is 5.19. The molecule has 1 heterocycles. The second-order valence-electron chi connectivity index (χ2n) is 4.82. The van der Waals surface area contributed by atoms with Crippen molar-refractivity contribution >= 4 is 0 Å². The molecule has 0 aliphatic carbocycles. The summed E-state index contributed by atoms with van der Waals surface area (Å²) in [6, 6.07) is 6.33. The number of hydrogen-bond donors (Lipinski definition) is 2. The van der Waals surface area contributed by atoms with Crippen LogP contribution in [-0.2, 0) is 4.74 Å². The minimum absolute atomic E-state index is 0.267. The third kappa shape index (κ3) is 3.28. The predicted octanol–water partition coefficient (Wildman–Crippen LogP) is 1.87. The van der Waals surface area contributed by atoms with Gasteiger partial charge in [-0.2, -0.15) is 0 Å². The molecule has 3 nitrogen and oxygen atoms in total. The number of rotatable bonds is 5. The molecule has 1 aliphatic rings. The first kappa shape index (κ1) is 13.5. The Morgan fingerprint density at radius 1 is 1.50 bits per heavy atom. The van der Waals surface area contributed by atoms with E-state index in [1.165, 1.54) is 6.07 Å². The lowest BCUT2D eigenvalue weighted by Gasteiger charge is -2.17. The lowest BCUT2D eigenvalue weighted by Crippen LogP contribution is -2.30. The Morgan fingerprint density at radius 3 is 2.94 bits per heavy atom. The van der Waals surface area contributed by atoms with Crippen LogP contribution in [0, 0.1) is 11.7 Å². The Kier molecular flexibility index (Phi) is 4.69. The maximum Gasteiger partial charge on any atom is 0.129 e. The number of aliphatic hydroxyl groups excluding tert-OH is 1. The normalized spacial score (nSPS) is 25.3. The van der Waals surface area contributed by atoms with Gasteiger partial charge in [-0.3, -0.25) is 0 Å². The van der Waals surface area contributed by atoms with Crippen molar-refractivity contribution in [3.05, 3.63) is 35.6 Å². The van der Waals surface area contributed by atoms with E-state index in [-0.39, 0.29) is 11.9 Å². The van der Waals surface area contributed by atoms with Crippen LogP contribution in [0.2, 0.25) is 0 Å². The summed E-state index contributed by atoms with van der Waals surface area (Å²) in [7, 11) is 0. The van der Waals surface area contributed by atoms with Gasteiger partial charge in [-0.25, -0.2) is 4.39 Å². The smallest absolute Gasteiger partial charge is 0.129 e. The average molecular weight is 253 g/mol. The molecule has 0 saturated carbocycles. The van der Waals surface area contributed by atoms with E-state index in [4.69, 9.17) is 4.74 Å². The van der Waals surface area contributed by atoms with Crippen LogP contribution in [0.25, 0.3) is 0 Å². The molecule has 0 bridgehead atoms. The first-order valence-corrected chi connectivity index (χ1v) is 6.43. The zero-order valence-electron chi connectivity index (χ0n) is 10.6. The predicted molar refractivity (Wildman–Crippen MR) is 67.8 cm³/mol. The Balaban J connectivity index is 1.78. The molecule has 0 amide bonds. The summed E-state index contributed by atoms with van der Waals surface area (Å²) in [5.41, 5.74) is 0.348. The van der Waals surface area contributed by atoms with E-state index in [9.17, 15) is 9.50 Å². The van der Waals surface area contributed by atoms with Crippen molar-refractivity contribution < 1.29 is 14.2 Å². The number of aliphatic hydroxyl groups is 1. The van der Waals surface area contributed by atoms with E-state index >= 15 is 0 Å². The highest BCUT2D eigenvalue weighted by atomic mass is 19.1. The van der Waals surface area contributed by atoms with Gasteiger partial charge in [-0.05, 0) is 25.3 Å². The van der Waals surface area contributed by atoms with Crippen molar-refractivity contribution in [1.82, 2.24) is 5.32 Å². The Morgan fingerprint density at radius 2 is 2.28 bits per heavy atom. The van der Waals surface area contributed by atoms with E-state index in [2.05, 4.69) is 12.2 Å². The quantitative estimate of drug-likeness (QED) is 0.842. The molecule has 1 aromatic rings. The van der Waals surface area contributed by atoms with Crippen LogP contribution < -0.4 is 5.32 Å². The standard InChI is InChI=1S/C14H20FNO2/c1-10-11(6-7-18-10)8-16-9-14(17)12-4-2-3-5-13(12)15/h2-5,10-11,14,16-17H,6-9H2,1H3. The van der Waals surface area contributed by atoms with Gasteiger partial charge in [0.05, 0.1) is 12.2 Å². The molecule has 100 valence electrons. The summed E-state index contributed by atoms with van der Waals surface area (Å²) in [6.07, 6.45) is 0.510. The first-order valence-electron chi connectivity index (χ1n) is 6.43. The second kappa shape index (κ2) is 6.27. The lowest BCUT2D eigenvalue weighted by atomic mass is 10.0. The number of nitrogens with one attached hydrogen (secondary N) is 1. The molecule has 0 radical (unpaired) electrons. The van der Waals surface area contributed by atoms with Gasteiger partial charge in [-0.15, -0.1) is 0 Å². The van der Waals surface area contributed by atoms with Crippen LogP contribution >= 0.6 is 0 Å². The van der Waals surface area contributed by atoms with Crippen LogP contribution in [0.1, 0.15) is 25.0 Å². The second-order valence-corrected chi connectivity index (χ2v) is 4.82. The van der Waals surface area contributed by atoms with Gasteiger partial charge < -0.3 is 15.2 Å². The van der Waals surface area contributed by atoms with E-state index < -0.39 is 6.10 Å². The fraction of sp³-hybridized carbons (Fsp3) is 0.571. The van der Waals surface area contributed by atoms with Crippen molar-refractivity contribution in [2.24, 2.45) is 5.92 Å². The van der Waals surface area contributed by atoms with Crippen molar-refractivity contribution in [3.63, 3.8) is 0 Å². The summed E-state index contributed by atoms with van der Waals surface area (Å²) in [4.78, 5) is 0. The Labute approximate surface area is 107 Å². The minimum atomic E-state index is -0.802. The molecule has 1 fully saturated rings. The van der Waals surface area contributed by atoms with Crippen LogP contribution in [0.5, 0.6) is 0 Å². The Hall–Kier alpha value is -0.970. The average Bonchev–Trinajstić information content (AvgIpc) is 2.75. The number of halogens is 1. The SMILES string of the molecule is CC1OCCC1CNCC(O)c1ccccc1F. The topological polar surface area (TPSA) is 41.5 Å². The molecule has 1 aliphatic heterocycles. The summed E-state index contributed by atoms with van der Waals surface area (Å²) < 4.78 is 18.9. The largest absolute Gasteiger partial charge is 0.387 e. The molecular weight excluding hydrogens is 233 g/mol.